The predicted molar refractivity (Wildman–Crippen MR) is 49.1 cm³/mol. The smallest absolute Gasteiger partial charge is 0.220 e. The first kappa shape index (κ1) is 8.53. The Hall–Kier alpha value is -1.57. The molecule has 0 aromatic heterocycles. The van der Waals surface area contributed by atoms with Gasteiger partial charge in [-0.05, 0) is 18.6 Å². The zero-order valence-electron chi connectivity index (χ0n) is 6.87. The van der Waals surface area contributed by atoms with Crippen LogP contribution in [0.5, 0.6) is 5.75 Å². The van der Waals surface area contributed by atoms with Gasteiger partial charge in [-0.25, -0.2) is 0 Å². The summed E-state index contributed by atoms with van der Waals surface area (Å²) in [7, 11) is 0. The molecule has 0 heterocycles. The average Bonchev–Trinajstić information content (AvgIpc) is 2.15. The van der Waals surface area contributed by atoms with E-state index in [1.54, 1.807) is 25.1 Å². The van der Waals surface area contributed by atoms with Gasteiger partial charge in [0, 0.05) is 5.56 Å². The molecule has 0 aliphatic rings. The summed E-state index contributed by atoms with van der Waals surface area (Å²) in [6.07, 6.45) is 0. The first-order valence-corrected chi connectivity index (χ1v) is 3.61. The quantitative estimate of drug-likeness (QED) is 0.683. The SMILES string of the molecule is C=C(C)c1ccccc(=O)c1O. The first-order chi connectivity index (χ1) is 5.63. The minimum atomic E-state index is -0.377. The first-order valence-electron chi connectivity index (χ1n) is 3.61. The van der Waals surface area contributed by atoms with Crippen molar-refractivity contribution in [3.8, 4) is 5.75 Å². The van der Waals surface area contributed by atoms with E-state index in [0.717, 1.165) is 0 Å². The van der Waals surface area contributed by atoms with E-state index in [4.69, 9.17) is 0 Å². The maximum Gasteiger partial charge on any atom is 0.220 e. The molecule has 1 N–H and O–H groups in total. The fourth-order valence-corrected chi connectivity index (χ4v) is 0.930. The molecule has 0 saturated carbocycles. The molecule has 0 unspecified atom stereocenters. The van der Waals surface area contributed by atoms with Gasteiger partial charge in [-0.1, -0.05) is 24.8 Å². The van der Waals surface area contributed by atoms with Gasteiger partial charge in [0.05, 0.1) is 0 Å². The van der Waals surface area contributed by atoms with Crippen LogP contribution >= 0.6 is 0 Å². The Kier molecular flexibility index (Phi) is 2.29. The second-order valence-electron chi connectivity index (χ2n) is 2.63. The van der Waals surface area contributed by atoms with Gasteiger partial charge in [0.1, 0.15) is 0 Å². The summed E-state index contributed by atoms with van der Waals surface area (Å²) < 4.78 is 0. The fourth-order valence-electron chi connectivity index (χ4n) is 0.930. The van der Waals surface area contributed by atoms with Crippen molar-refractivity contribution in [1.29, 1.82) is 0 Å². The number of hydrogen-bond donors (Lipinski definition) is 1. The van der Waals surface area contributed by atoms with Crippen molar-refractivity contribution in [2.24, 2.45) is 0 Å². The molecule has 0 radical (unpaired) electrons. The van der Waals surface area contributed by atoms with Crippen LogP contribution in [-0.4, -0.2) is 5.11 Å². The summed E-state index contributed by atoms with van der Waals surface area (Å²) in [5, 5.41) is 9.35. The van der Waals surface area contributed by atoms with Crippen LogP contribution in [0.3, 0.4) is 0 Å². The third-order valence-electron chi connectivity index (χ3n) is 1.57. The summed E-state index contributed by atoms with van der Waals surface area (Å²) in [5.74, 6) is -0.229. The third kappa shape index (κ3) is 1.53. The summed E-state index contributed by atoms with van der Waals surface area (Å²) in [6.45, 7) is 5.40. The topological polar surface area (TPSA) is 37.3 Å². The second kappa shape index (κ2) is 3.22. The van der Waals surface area contributed by atoms with E-state index in [9.17, 15) is 9.90 Å². The van der Waals surface area contributed by atoms with E-state index in [0.29, 0.717) is 11.1 Å². The Balaban J connectivity index is 3.53. The molecule has 0 aliphatic carbocycles. The van der Waals surface area contributed by atoms with Crippen LogP contribution in [-0.2, 0) is 0 Å². The standard InChI is InChI=1S/C10H10O2/c1-7(2)8-5-3-4-6-9(11)10(8)12/h3-6H,1H2,2H3,(H,11,12). The number of aromatic hydroxyl groups is 1. The van der Waals surface area contributed by atoms with Crippen LogP contribution in [0.4, 0.5) is 0 Å². The minimum Gasteiger partial charge on any atom is -0.504 e. The van der Waals surface area contributed by atoms with E-state index >= 15 is 0 Å². The maximum absolute atomic E-state index is 11.1. The molecule has 12 heavy (non-hydrogen) atoms. The highest BCUT2D eigenvalue weighted by Gasteiger charge is 2.01. The van der Waals surface area contributed by atoms with Crippen molar-refractivity contribution in [3.05, 3.63) is 46.6 Å². The predicted octanol–water partition coefficient (Wildman–Crippen LogP) is 1.79. The Morgan fingerprint density at radius 2 is 2.00 bits per heavy atom. The molecule has 0 amide bonds. The van der Waals surface area contributed by atoms with Crippen molar-refractivity contribution in [3.63, 3.8) is 0 Å². The zero-order valence-corrected chi connectivity index (χ0v) is 6.87. The summed E-state index contributed by atoms with van der Waals surface area (Å²) >= 11 is 0. The van der Waals surface area contributed by atoms with Crippen molar-refractivity contribution < 1.29 is 5.11 Å². The van der Waals surface area contributed by atoms with Gasteiger partial charge < -0.3 is 5.11 Å². The van der Waals surface area contributed by atoms with Crippen LogP contribution < -0.4 is 5.43 Å². The molecule has 1 aromatic rings. The Morgan fingerprint density at radius 1 is 1.42 bits per heavy atom. The largest absolute Gasteiger partial charge is 0.504 e. The fraction of sp³-hybridized carbons (Fsp3) is 0.100. The van der Waals surface area contributed by atoms with Gasteiger partial charge in [-0.15, -0.1) is 0 Å². The summed E-state index contributed by atoms with van der Waals surface area (Å²) in [6, 6.07) is 6.28. The van der Waals surface area contributed by atoms with Crippen LogP contribution in [0.1, 0.15) is 12.5 Å². The van der Waals surface area contributed by atoms with Crippen molar-refractivity contribution in [1.82, 2.24) is 0 Å². The highest BCUT2D eigenvalue weighted by Crippen LogP contribution is 2.17. The molecule has 0 bridgehead atoms. The molecule has 0 fully saturated rings. The summed E-state index contributed by atoms with van der Waals surface area (Å²) in [5.41, 5.74) is 0.809. The van der Waals surface area contributed by atoms with Crippen LogP contribution in [0.25, 0.3) is 5.57 Å². The highest BCUT2D eigenvalue weighted by molar-refractivity contribution is 5.65. The Morgan fingerprint density at radius 3 is 2.58 bits per heavy atom. The highest BCUT2D eigenvalue weighted by atomic mass is 16.3. The van der Waals surface area contributed by atoms with E-state index in [-0.39, 0.29) is 11.2 Å². The van der Waals surface area contributed by atoms with Gasteiger partial charge in [0.25, 0.3) is 0 Å². The van der Waals surface area contributed by atoms with Crippen molar-refractivity contribution >= 4 is 5.57 Å². The molecule has 0 spiro atoms. The molecule has 1 aromatic carbocycles. The molecular formula is C10H10O2. The van der Waals surface area contributed by atoms with Crippen molar-refractivity contribution in [2.45, 2.75) is 6.92 Å². The van der Waals surface area contributed by atoms with Gasteiger partial charge in [-0.3, -0.25) is 4.79 Å². The average molecular weight is 162 g/mol. The second-order valence-corrected chi connectivity index (χ2v) is 2.63. The van der Waals surface area contributed by atoms with Gasteiger partial charge >= 0.3 is 0 Å². The van der Waals surface area contributed by atoms with Gasteiger partial charge in [0.2, 0.25) is 5.43 Å². The monoisotopic (exact) mass is 162 g/mol. The molecular weight excluding hydrogens is 152 g/mol. The lowest BCUT2D eigenvalue weighted by Gasteiger charge is -1.96. The van der Waals surface area contributed by atoms with Gasteiger partial charge in [-0.2, -0.15) is 0 Å². The Bertz CT molecular complexity index is 367. The Labute approximate surface area is 70.8 Å². The normalized spacial score (nSPS) is 9.42. The molecule has 2 heteroatoms. The molecule has 0 saturated heterocycles. The lowest BCUT2D eigenvalue weighted by molar-refractivity contribution is 0.469. The van der Waals surface area contributed by atoms with Crippen LogP contribution in [0.2, 0.25) is 0 Å². The number of allylic oxidation sites excluding steroid dienone is 1. The van der Waals surface area contributed by atoms with Crippen molar-refractivity contribution in [2.75, 3.05) is 0 Å². The molecule has 2 nitrogen and oxygen atoms in total. The van der Waals surface area contributed by atoms with E-state index < -0.39 is 0 Å². The lowest BCUT2D eigenvalue weighted by atomic mass is 10.1. The minimum absolute atomic E-state index is 0.229. The molecule has 1 rings (SSSR count). The van der Waals surface area contributed by atoms with Gasteiger partial charge in [0.15, 0.2) is 5.75 Å². The van der Waals surface area contributed by atoms with E-state index in [1.807, 2.05) is 0 Å². The van der Waals surface area contributed by atoms with E-state index in [1.165, 1.54) is 6.07 Å². The van der Waals surface area contributed by atoms with E-state index in [2.05, 4.69) is 6.58 Å². The van der Waals surface area contributed by atoms with Crippen LogP contribution in [0.15, 0.2) is 35.6 Å². The lowest BCUT2D eigenvalue weighted by Crippen LogP contribution is -1.95. The third-order valence-corrected chi connectivity index (χ3v) is 1.57. The number of rotatable bonds is 1. The van der Waals surface area contributed by atoms with Crippen LogP contribution in [0, 0.1) is 0 Å². The summed E-state index contributed by atoms with van der Waals surface area (Å²) in [4.78, 5) is 11.1. The maximum atomic E-state index is 11.1. The molecule has 0 aliphatic heterocycles. The molecule has 0 atom stereocenters. The molecule has 62 valence electrons. The number of hydrogen-bond acceptors (Lipinski definition) is 2. The zero-order chi connectivity index (χ0) is 9.14.